The Hall–Kier alpha value is -2.28. The van der Waals surface area contributed by atoms with Crippen LogP contribution in [0.3, 0.4) is 0 Å². The number of H-pyrrole nitrogens is 1. The predicted octanol–water partition coefficient (Wildman–Crippen LogP) is 3.63. The summed E-state index contributed by atoms with van der Waals surface area (Å²) in [5, 5.41) is 0. The summed E-state index contributed by atoms with van der Waals surface area (Å²) in [5.41, 5.74) is 1.23. The summed E-state index contributed by atoms with van der Waals surface area (Å²) >= 11 is 0. The van der Waals surface area contributed by atoms with Crippen LogP contribution in [0.1, 0.15) is 43.8 Å². The number of aromatic nitrogens is 2. The fourth-order valence-corrected chi connectivity index (χ4v) is 3.89. The second-order valence-electron chi connectivity index (χ2n) is 7.31. The zero-order chi connectivity index (χ0) is 18.8. The first-order valence-corrected chi connectivity index (χ1v) is 9.50. The van der Waals surface area contributed by atoms with E-state index in [1.165, 1.54) is 12.1 Å². The number of carbonyl (C=O) groups excluding carboxylic acids is 1. The lowest BCUT2D eigenvalue weighted by molar-refractivity contribution is -0.134. The molecule has 1 aromatic heterocycles. The summed E-state index contributed by atoms with van der Waals surface area (Å²) in [6, 6.07) is 3.81. The number of benzene rings is 1. The number of ether oxygens (including phenoxy) is 1. The maximum atomic E-state index is 13.4. The topological polar surface area (TPSA) is 58.2 Å². The number of nitrogens with zero attached hydrogens (tertiary/aromatic N) is 2. The summed E-state index contributed by atoms with van der Waals surface area (Å²) in [6.45, 7) is 2.17. The number of halogens is 2. The third-order valence-corrected chi connectivity index (χ3v) is 5.49. The lowest BCUT2D eigenvalue weighted by atomic mass is 9.95. The molecule has 2 saturated heterocycles. The highest BCUT2D eigenvalue weighted by Crippen LogP contribution is 2.29. The third-order valence-electron chi connectivity index (χ3n) is 5.49. The first kappa shape index (κ1) is 18.1. The van der Waals surface area contributed by atoms with Crippen LogP contribution in [-0.2, 0) is 9.53 Å². The number of amides is 1. The van der Waals surface area contributed by atoms with Crippen LogP contribution < -0.4 is 0 Å². The van der Waals surface area contributed by atoms with Crippen LogP contribution in [0.25, 0.3) is 11.3 Å². The van der Waals surface area contributed by atoms with E-state index in [9.17, 15) is 13.6 Å². The van der Waals surface area contributed by atoms with Crippen molar-refractivity contribution in [3.8, 4) is 11.3 Å². The van der Waals surface area contributed by atoms with Gasteiger partial charge in [0.15, 0.2) is 11.6 Å². The Labute approximate surface area is 156 Å². The zero-order valence-corrected chi connectivity index (χ0v) is 15.1. The number of likely N-dealkylation sites (tertiary alicyclic amines) is 1. The summed E-state index contributed by atoms with van der Waals surface area (Å²) in [6.07, 6.45) is 5.89. The highest BCUT2D eigenvalue weighted by molar-refractivity contribution is 5.76. The van der Waals surface area contributed by atoms with Gasteiger partial charge in [0, 0.05) is 31.2 Å². The number of aromatic amines is 1. The van der Waals surface area contributed by atoms with E-state index in [1.54, 1.807) is 6.20 Å². The van der Waals surface area contributed by atoms with Gasteiger partial charge in [-0.2, -0.15) is 0 Å². The van der Waals surface area contributed by atoms with Gasteiger partial charge in [0.1, 0.15) is 5.82 Å². The molecule has 2 fully saturated rings. The van der Waals surface area contributed by atoms with E-state index in [4.69, 9.17) is 4.74 Å². The second-order valence-corrected chi connectivity index (χ2v) is 7.31. The average Bonchev–Trinajstić information content (AvgIpc) is 3.36. The monoisotopic (exact) mass is 375 g/mol. The minimum atomic E-state index is -0.873. The van der Waals surface area contributed by atoms with Crippen molar-refractivity contribution in [2.75, 3.05) is 19.7 Å². The number of imidazole rings is 1. The molecule has 1 atom stereocenters. The number of hydrogen-bond donors (Lipinski definition) is 1. The molecule has 3 heterocycles. The number of piperidine rings is 1. The Balaban J connectivity index is 1.35. The van der Waals surface area contributed by atoms with Crippen molar-refractivity contribution in [1.29, 1.82) is 0 Å². The Kier molecular flexibility index (Phi) is 5.20. The molecule has 0 radical (unpaired) electrons. The predicted molar refractivity (Wildman–Crippen MR) is 96.1 cm³/mol. The van der Waals surface area contributed by atoms with E-state index < -0.39 is 11.6 Å². The van der Waals surface area contributed by atoms with E-state index in [1.807, 2.05) is 4.90 Å². The maximum absolute atomic E-state index is 13.4. The summed E-state index contributed by atoms with van der Waals surface area (Å²) in [7, 11) is 0. The molecular weight excluding hydrogens is 352 g/mol. The van der Waals surface area contributed by atoms with E-state index in [2.05, 4.69) is 9.97 Å². The van der Waals surface area contributed by atoms with Crippen molar-refractivity contribution < 1.29 is 18.3 Å². The molecule has 2 aliphatic heterocycles. The molecule has 0 spiro atoms. The van der Waals surface area contributed by atoms with Gasteiger partial charge in [0.25, 0.3) is 0 Å². The van der Waals surface area contributed by atoms with Crippen LogP contribution in [0.4, 0.5) is 8.78 Å². The molecule has 4 rings (SSSR count). The van der Waals surface area contributed by atoms with Crippen molar-refractivity contribution in [2.45, 2.75) is 44.1 Å². The van der Waals surface area contributed by atoms with Gasteiger partial charge in [0.05, 0.1) is 24.4 Å². The molecular formula is C20H23F2N3O2. The lowest BCUT2D eigenvalue weighted by Crippen LogP contribution is -2.39. The van der Waals surface area contributed by atoms with Gasteiger partial charge < -0.3 is 14.6 Å². The van der Waals surface area contributed by atoms with Crippen molar-refractivity contribution >= 4 is 5.91 Å². The lowest BCUT2D eigenvalue weighted by Gasteiger charge is -2.31. The Morgan fingerprint density at radius 1 is 1.22 bits per heavy atom. The van der Waals surface area contributed by atoms with Crippen molar-refractivity contribution in [2.24, 2.45) is 0 Å². The standard InChI is InChI=1S/C20H23F2N3O2/c21-16-4-3-14(10-17(16)22)18-12-23-20(24-18)13-5-7-25(8-6-13)19(26)11-15-2-1-9-27-15/h3-4,10,12-13,15H,1-2,5-9,11H2,(H,23,24). The molecule has 1 N–H and O–H groups in total. The molecule has 0 saturated carbocycles. The van der Waals surface area contributed by atoms with Crippen molar-refractivity contribution in [3.63, 3.8) is 0 Å². The molecule has 0 bridgehead atoms. The van der Waals surface area contributed by atoms with Gasteiger partial charge in [0.2, 0.25) is 5.91 Å². The fourth-order valence-electron chi connectivity index (χ4n) is 3.89. The second kappa shape index (κ2) is 7.76. The SMILES string of the molecule is O=C(CC1CCCO1)N1CCC(c2ncc(-c3ccc(F)c(F)c3)[nH]2)CC1. The summed E-state index contributed by atoms with van der Waals surface area (Å²) < 4.78 is 32.1. The van der Waals surface area contributed by atoms with E-state index in [-0.39, 0.29) is 17.9 Å². The Morgan fingerprint density at radius 3 is 2.74 bits per heavy atom. The molecule has 7 heteroatoms. The minimum Gasteiger partial charge on any atom is -0.378 e. The first-order chi connectivity index (χ1) is 13.1. The number of hydrogen-bond acceptors (Lipinski definition) is 3. The molecule has 144 valence electrons. The normalized spacial score (nSPS) is 21.0. The summed E-state index contributed by atoms with van der Waals surface area (Å²) in [4.78, 5) is 22.0. The highest BCUT2D eigenvalue weighted by Gasteiger charge is 2.28. The van der Waals surface area contributed by atoms with Crippen LogP contribution >= 0.6 is 0 Å². The van der Waals surface area contributed by atoms with Gasteiger partial charge in [-0.05, 0) is 43.9 Å². The Morgan fingerprint density at radius 2 is 2.04 bits per heavy atom. The summed E-state index contributed by atoms with van der Waals surface area (Å²) in [5.74, 6) is -0.501. The quantitative estimate of drug-likeness (QED) is 0.888. The van der Waals surface area contributed by atoms with Gasteiger partial charge in [-0.25, -0.2) is 13.8 Å². The molecule has 1 amide bonds. The minimum absolute atomic E-state index is 0.0824. The van der Waals surface area contributed by atoms with Gasteiger partial charge in [-0.15, -0.1) is 0 Å². The van der Waals surface area contributed by atoms with Crippen molar-refractivity contribution in [3.05, 3.63) is 41.9 Å². The molecule has 2 aliphatic rings. The van der Waals surface area contributed by atoms with E-state index >= 15 is 0 Å². The number of rotatable bonds is 4. The van der Waals surface area contributed by atoms with E-state index in [0.29, 0.717) is 30.8 Å². The molecule has 2 aromatic rings. The number of carbonyl (C=O) groups is 1. The zero-order valence-electron chi connectivity index (χ0n) is 15.1. The Bertz CT molecular complexity index is 809. The van der Waals surface area contributed by atoms with Crippen LogP contribution in [0.2, 0.25) is 0 Å². The molecule has 27 heavy (non-hydrogen) atoms. The first-order valence-electron chi connectivity index (χ1n) is 9.50. The highest BCUT2D eigenvalue weighted by atomic mass is 19.2. The number of nitrogens with one attached hydrogen (secondary N) is 1. The van der Waals surface area contributed by atoms with Gasteiger partial charge in [-0.3, -0.25) is 4.79 Å². The molecule has 1 aromatic carbocycles. The van der Waals surface area contributed by atoms with Crippen LogP contribution in [0.15, 0.2) is 24.4 Å². The van der Waals surface area contributed by atoms with Gasteiger partial charge in [-0.1, -0.05) is 0 Å². The van der Waals surface area contributed by atoms with E-state index in [0.717, 1.165) is 44.2 Å². The van der Waals surface area contributed by atoms with Crippen molar-refractivity contribution in [1.82, 2.24) is 14.9 Å². The average molecular weight is 375 g/mol. The van der Waals surface area contributed by atoms with Crippen LogP contribution in [-0.4, -0.2) is 46.6 Å². The smallest absolute Gasteiger partial charge is 0.225 e. The molecule has 5 nitrogen and oxygen atoms in total. The maximum Gasteiger partial charge on any atom is 0.225 e. The fraction of sp³-hybridized carbons (Fsp3) is 0.500. The largest absolute Gasteiger partial charge is 0.378 e. The van der Waals surface area contributed by atoms with Crippen LogP contribution in [0.5, 0.6) is 0 Å². The third kappa shape index (κ3) is 4.03. The van der Waals surface area contributed by atoms with Gasteiger partial charge >= 0.3 is 0 Å². The van der Waals surface area contributed by atoms with Crippen LogP contribution in [0, 0.1) is 11.6 Å². The molecule has 1 unspecified atom stereocenters. The molecule has 0 aliphatic carbocycles.